The van der Waals surface area contributed by atoms with E-state index in [1.165, 1.54) is 11.1 Å². The van der Waals surface area contributed by atoms with Crippen molar-refractivity contribution in [3.8, 4) is 11.5 Å². The first kappa shape index (κ1) is 13.9. The van der Waals surface area contributed by atoms with E-state index in [1.54, 1.807) is 14.2 Å². The Bertz CT molecular complexity index is 642. The molecule has 0 fully saturated rings. The van der Waals surface area contributed by atoms with Gasteiger partial charge in [0, 0.05) is 5.92 Å². The number of nitrogens with two attached hydrogens (primary N) is 1. The van der Waals surface area contributed by atoms with Crippen LogP contribution in [0.15, 0.2) is 42.5 Å². The number of nitrogens with one attached hydrogen (secondary N) is 1. The van der Waals surface area contributed by atoms with Crippen LogP contribution in [0.25, 0.3) is 0 Å². The molecule has 3 N–H and O–H groups in total. The predicted octanol–water partition coefficient (Wildman–Crippen LogP) is 2.55. The van der Waals surface area contributed by atoms with Crippen molar-refractivity contribution in [2.24, 2.45) is 5.84 Å². The molecule has 0 heterocycles. The molecule has 0 bridgehead atoms. The van der Waals surface area contributed by atoms with Crippen LogP contribution in [0.2, 0.25) is 0 Å². The van der Waals surface area contributed by atoms with Gasteiger partial charge < -0.3 is 9.47 Å². The Labute approximate surface area is 124 Å². The topological polar surface area (TPSA) is 56.5 Å². The highest BCUT2D eigenvalue weighted by atomic mass is 16.5. The van der Waals surface area contributed by atoms with E-state index in [2.05, 4.69) is 29.7 Å². The minimum absolute atomic E-state index is 0.0692. The smallest absolute Gasteiger partial charge is 0.161 e. The normalized spacial score (nSPS) is 17.6. The number of hydrogen-bond donors (Lipinski definition) is 2. The Morgan fingerprint density at radius 1 is 1.10 bits per heavy atom. The summed E-state index contributed by atoms with van der Waals surface area (Å²) in [5.74, 6) is 7.66. The SMILES string of the molecule is COc1ccc(C(NN)C2Cc3ccccc32)cc1OC. The fourth-order valence-corrected chi connectivity index (χ4v) is 3.09. The van der Waals surface area contributed by atoms with E-state index < -0.39 is 0 Å². The van der Waals surface area contributed by atoms with Gasteiger partial charge >= 0.3 is 0 Å². The Morgan fingerprint density at radius 2 is 1.86 bits per heavy atom. The molecule has 2 aromatic carbocycles. The summed E-state index contributed by atoms with van der Waals surface area (Å²) in [6.45, 7) is 0. The monoisotopic (exact) mass is 284 g/mol. The van der Waals surface area contributed by atoms with E-state index >= 15 is 0 Å². The van der Waals surface area contributed by atoms with Crippen LogP contribution in [0.4, 0.5) is 0 Å². The van der Waals surface area contributed by atoms with Gasteiger partial charge in [0.2, 0.25) is 0 Å². The number of ether oxygens (including phenoxy) is 2. The van der Waals surface area contributed by atoms with Crippen molar-refractivity contribution in [1.29, 1.82) is 0 Å². The molecule has 4 nitrogen and oxygen atoms in total. The third kappa shape index (κ3) is 2.37. The molecule has 0 radical (unpaired) electrons. The summed E-state index contributed by atoms with van der Waals surface area (Å²) in [5, 5.41) is 0. The fourth-order valence-electron chi connectivity index (χ4n) is 3.09. The predicted molar refractivity (Wildman–Crippen MR) is 82.5 cm³/mol. The average Bonchev–Trinajstić information content (AvgIpc) is 2.52. The van der Waals surface area contributed by atoms with Gasteiger partial charge in [0.05, 0.1) is 20.3 Å². The fraction of sp³-hybridized carbons (Fsp3) is 0.294. The second kappa shape index (κ2) is 5.76. The molecular weight excluding hydrogens is 264 g/mol. The quantitative estimate of drug-likeness (QED) is 0.654. The van der Waals surface area contributed by atoms with E-state index in [0.29, 0.717) is 5.92 Å². The third-order valence-electron chi connectivity index (χ3n) is 4.24. The van der Waals surface area contributed by atoms with Crippen LogP contribution in [0, 0.1) is 0 Å². The summed E-state index contributed by atoms with van der Waals surface area (Å²) in [7, 11) is 3.28. The Kier molecular flexibility index (Phi) is 3.82. The van der Waals surface area contributed by atoms with Crippen molar-refractivity contribution in [1.82, 2.24) is 5.43 Å². The number of methoxy groups -OCH3 is 2. The standard InChI is InChI=1S/C17H20N2O2/c1-20-15-8-7-12(10-16(15)21-2)17(19-18)14-9-11-5-3-4-6-13(11)14/h3-8,10,14,17,19H,9,18H2,1-2H3. The van der Waals surface area contributed by atoms with Gasteiger partial charge in [0.1, 0.15) is 0 Å². The van der Waals surface area contributed by atoms with Crippen molar-refractivity contribution >= 4 is 0 Å². The maximum absolute atomic E-state index is 5.81. The molecular formula is C17H20N2O2. The van der Waals surface area contributed by atoms with Crippen LogP contribution in [0.1, 0.15) is 28.7 Å². The van der Waals surface area contributed by atoms with Gasteiger partial charge in [-0.2, -0.15) is 0 Å². The van der Waals surface area contributed by atoms with Gasteiger partial charge in [-0.15, -0.1) is 0 Å². The minimum atomic E-state index is 0.0692. The molecule has 21 heavy (non-hydrogen) atoms. The molecule has 0 saturated carbocycles. The Hall–Kier alpha value is -2.04. The van der Waals surface area contributed by atoms with Crippen LogP contribution in [0.3, 0.4) is 0 Å². The summed E-state index contributed by atoms with van der Waals surface area (Å²) >= 11 is 0. The minimum Gasteiger partial charge on any atom is -0.493 e. The molecule has 1 aliphatic carbocycles. The number of hydrazine groups is 1. The molecule has 3 rings (SSSR count). The first-order chi connectivity index (χ1) is 10.3. The number of rotatable bonds is 5. The van der Waals surface area contributed by atoms with Crippen LogP contribution < -0.4 is 20.7 Å². The molecule has 0 aromatic heterocycles. The highest BCUT2D eigenvalue weighted by Gasteiger charge is 2.33. The Morgan fingerprint density at radius 3 is 2.52 bits per heavy atom. The summed E-state index contributed by atoms with van der Waals surface area (Å²) < 4.78 is 10.7. The lowest BCUT2D eigenvalue weighted by Crippen LogP contribution is -2.37. The van der Waals surface area contributed by atoms with Crippen molar-refractivity contribution in [2.75, 3.05) is 14.2 Å². The first-order valence-corrected chi connectivity index (χ1v) is 7.04. The van der Waals surface area contributed by atoms with Gasteiger partial charge in [0.15, 0.2) is 11.5 Å². The largest absolute Gasteiger partial charge is 0.493 e. The summed E-state index contributed by atoms with van der Waals surface area (Å²) in [6.07, 6.45) is 1.04. The van der Waals surface area contributed by atoms with Crippen LogP contribution >= 0.6 is 0 Å². The second-order valence-electron chi connectivity index (χ2n) is 5.27. The summed E-state index contributed by atoms with van der Waals surface area (Å²) in [5.41, 5.74) is 6.84. The molecule has 4 heteroatoms. The molecule has 110 valence electrons. The molecule has 0 spiro atoms. The molecule has 0 saturated heterocycles. The molecule has 0 amide bonds. The maximum atomic E-state index is 5.81. The average molecular weight is 284 g/mol. The maximum Gasteiger partial charge on any atom is 0.161 e. The van der Waals surface area contributed by atoms with Crippen molar-refractivity contribution < 1.29 is 9.47 Å². The van der Waals surface area contributed by atoms with E-state index in [-0.39, 0.29) is 6.04 Å². The van der Waals surface area contributed by atoms with Crippen molar-refractivity contribution in [3.63, 3.8) is 0 Å². The lowest BCUT2D eigenvalue weighted by molar-refractivity contribution is 0.352. The number of benzene rings is 2. The van der Waals surface area contributed by atoms with Gasteiger partial charge in [-0.05, 0) is 35.2 Å². The number of fused-ring (bicyclic) bond motifs is 1. The Balaban J connectivity index is 1.91. The van der Waals surface area contributed by atoms with E-state index in [9.17, 15) is 0 Å². The van der Waals surface area contributed by atoms with Gasteiger partial charge in [0.25, 0.3) is 0 Å². The van der Waals surface area contributed by atoms with E-state index in [1.807, 2.05) is 18.2 Å². The van der Waals surface area contributed by atoms with E-state index in [4.69, 9.17) is 15.3 Å². The highest BCUT2D eigenvalue weighted by Crippen LogP contribution is 2.44. The molecule has 2 atom stereocenters. The lowest BCUT2D eigenvalue weighted by Gasteiger charge is -2.36. The summed E-state index contributed by atoms with van der Waals surface area (Å²) in [6, 6.07) is 14.5. The van der Waals surface area contributed by atoms with Crippen molar-refractivity contribution in [2.45, 2.75) is 18.4 Å². The second-order valence-corrected chi connectivity index (χ2v) is 5.27. The zero-order chi connectivity index (χ0) is 14.8. The van der Waals surface area contributed by atoms with Gasteiger partial charge in [-0.3, -0.25) is 11.3 Å². The van der Waals surface area contributed by atoms with Crippen LogP contribution in [-0.2, 0) is 6.42 Å². The zero-order valence-electron chi connectivity index (χ0n) is 12.3. The van der Waals surface area contributed by atoms with Crippen LogP contribution in [-0.4, -0.2) is 14.2 Å². The zero-order valence-corrected chi connectivity index (χ0v) is 12.3. The van der Waals surface area contributed by atoms with Crippen molar-refractivity contribution in [3.05, 3.63) is 59.2 Å². The molecule has 1 aliphatic rings. The molecule has 0 aliphatic heterocycles. The summed E-state index contributed by atoms with van der Waals surface area (Å²) in [4.78, 5) is 0. The van der Waals surface area contributed by atoms with Gasteiger partial charge in [-0.1, -0.05) is 30.3 Å². The third-order valence-corrected chi connectivity index (χ3v) is 4.24. The lowest BCUT2D eigenvalue weighted by atomic mass is 9.72. The molecule has 2 aromatic rings. The van der Waals surface area contributed by atoms with E-state index in [0.717, 1.165) is 23.5 Å². The van der Waals surface area contributed by atoms with Gasteiger partial charge in [-0.25, -0.2) is 0 Å². The highest BCUT2D eigenvalue weighted by molar-refractivity contribution is 5.47. The first-order valence-electron chi connectivity index (χ1n) is 7.04. The van der Waals surface area contributed by atoms with Crippen LogP contribution in [0.5, 0.6) is 11.5 Å². The number of hydrogen-bond acceptors (Lipinski definition) is 4. The molecule has 2 unspecified atom stereocenters.